The van der Waals surface area contributed by atoms with Crippen molar-refractivity contribution in [2.45, 2.75) is 32.2 Å². The van der Waals surface area contributed by atoms with Crippen LogP contribution in [0.1, 0.15) is 30.0 Å². The molecule has 1 N–H and O–H groups in total. The molecule has 0 bridgehead atoms. The number of halogens is 1. The summed E-state index contributed by atoms with van der Waals surface area (Å²) in [5, 5.41) is 7.11. The van der Waals surface area contributed by atoms with Crippen molar-refractivity contribution < 1.29 is 9.18 Å². The first kappa shape index (κ1) is 17.5. The number of rotatable bonds is 4. The molecule has 29 heavy (non-hydrogen) atoms. The number of hydrogen-bond donors (Lipinski definition) is 1. The number of fused-ring (bicyclic) bond motifs is 3. The Labute approximate surface area is 164 Å². The highest BCUT2D eigenvalue weighted by Gasteiger charge is 2.28. The molecule has 0 unspecified atom stereocenters. The van der Waals surface area contributed by atoms with Crippen molar-refractivity contribution in [3.05, 3.63) is 70.0 Å². The minimum absolute atomic E-state index is 0.0810. The van der Waals surface area contributed by atoms with E-state index in [0.29, 0.717) is 22.6 Å². The maximum Gasteiger partial charge on any atom is 0.277 e. The third-order valence-corrected chi connectivity index (χ3v) is 5.15. The molecule has 0 atom stereocenters. The molecule has 0 spiro atoms. The monoisotopic (exact) mass is 391 g/mol. The minimum atomic E-state index is -0.516. The predicted octanol–water partition coefficient (Wildman–Crippen LogP) is 3.01. The Balaban J connectivity index is 1.57. The molecule has 1 aliphatic carbocycles. The highest BCUT2D eigenvalue weighted by atomic mass is 19.1. The summed E-state index contributed by atoms with van der Waals surface area (Å²) in [5.41, 5.74) is 2.76. The Morgan fingerprint density at radius 1 is 1.24 bits per heavy atom. The van der Waals surface area contributed by atoms with Crippen molar-refractivity contribution in [3.8, 4) is 0 Å². The molecule has 0 radical (unpaired) electrons. The van der Waals surface area contributed by atoms with Crippen LogP contribution in [-0.4, -0.2) is 25.1 Å². The number of aromatic nitrogens is 4. The van der Waals surface area contributed by atoms with E-state index in [-0.39, 0.29) is 17.8 Å². The van der Waals surface area contributed by atoms with Crippen LogP contribution in [0.25, 0.3) is 16.7 Å². The summed E-state index contributed by atoms with van der Waals surface area (Å²) in [4.78, 5) is 30.1. The van der Waals surface area contributed by atoms with Gasteiger partial charge in [0.15, 0.2) is 5.65 Å². The van der Waals surface area contributed by atoms with Crippen molar-refractivity contribution in [3.63, 3.8) is 0 Å². The number of pyridine rings is 1. The van der Waals surface area contributed by atoms with Gasteiger partial charge in [0.1, 0.15) is 17.9 Å². The topological polar surface area (TPSA) is 81.3 Å². The number of nitrogens with zero attached hydrogens (tertiary/aromatic N) is 4. The van der Waals surface area contributed by atoms with E-state index in [1.54, 1.807) is 41.9 Å². The van der Waals surface area contributed by atoms with Crippen LogP contribution in [0.5, 0.6) is 0 Å². The highest BCUT2D eigenvalue weighted by molar-refractivity contribution is 5.91. The molecule has 3 aromatic heterocycles. The zero-order valence-corrected chi connectivity index (χ0v) is 15.7. The third kappa shape index (κ3) is 3.06. The average Bonchev–Trinajstić information content (AvgIpc) is 3.45. The standard InChI is InChI=1S/C21H18FN5O2/c1-12-4-7-15(14(22)9-12)24-19(28)11-26-17-3-2-8-23-20(17)27-18(21(26)29)10-16(25-27)13-5-6-13/h2-4,7-10,13H,5-6,11H2,1H3,(H,24,28). The second-order valence-corrected chi connectivity index (χ2v) is 7.41. The first-order chi connectivity index (χ1) is 14.0. The van der Waals surface area contributed by atoms with Gasteiger partial charge in [-0.1, -0.05) is 6.07 Å². The molecule has 0 aliphatic heterocycles. The van der Waals surface area contributed by atoms with Gasteiger partial charge < -0.3 is 5.32 Å². The van der Waals surface area contributed by atoms with Crippen LogP contribution in [0.15, 0.2) is 47.4 Å². The van der Waals surface area contributed by atoms with Crippen LogP contribution in [0, 0.1) is 12.7 Å². The van der Waals surface area contributed by atoms with Gasteiger partial charge in [0.2, 0.25) is 5.91 Å². The van der Waals surface area contributed by atoms with Gasteiger partial charge in [-0.3, -0.25) is 14.2 Å². The number of carbonyl (C=O) groups excluding carboxylic acids is 1. The summed E-state index contributed by atoms with van der Waals surface area (Å²) in [6.45, 7) is 1.51. The third-order valence-electron chi connectivity index (χ3n) is 5.15. The molecule has 1 fully saturated rings. The van der Waals surface area contributed by atoms with E-state index < -0.39 is 11.7 Å². The molecule has 1 saturated carbocycles. The molecule has 4 aromatic rings. The Morgan fingerprint density at radius 2 is 2.07 bits per heavy atom. The Hall–Kier alpha value is -3.55. The molecule has 0 saturated heterocycles. The normalized spacial score (nSPS) is 13.9. The highest BCUT2D eigenvalue weighted by Crippen LogP contribution is 2.39. The lowest BCUT2D eigenvalue weighted by molar-refractivity contribution is -0.116. The van der Waals surface area contributed by atoms with E-state index in [2.05, 4.69) is 15.4 Å². The summed E-state index contributed by atoms with van der Waals surface area (Å²) in [7, 11) is 0. The second kappa shape index (κ2) is 6.51. The smallest absolute Gasteiger partial charge is 0.277 e. The SMILES string of the molecule is Cc1ccc(NC(=O)Cn2c(=O)c3cc(C4CC4)nn3c3ncccc32)c(F)c1. The largest absolute Gasteiger partial charge is 0.322 e. The van der Waals surface area contributed by atoms with E-state index in [0.717, 1.165) is 24.1 Å². The van der Waals surface area contributed by atoms with Crippen molar-refractivity contribution in [1.29, 1.82) is 0 Å². The molecule has 1 amide bonds. The fourth-order valence-corrected chi connectivity index (χ4v) is 3.51. The van der Waals surface area contributed by atoms with Gasteiger partial charge in [0, 0.05) is 12.1 Å². The lowest BCUT2D eigenvalue weighted by atomic mass is 10.2. The summed E-state index contributed by atoms with van der Waals surface area (Å²) >= 11 is 0. The molecular formula is C21H18FN5O2. The number of amides is 1. The summed E-state index contributed by atoms with van der Waals surface area (Å²) in [6.07, 6.45) is 3.75. The van der Waals surface area contributed by atoms with E-state index in [9.17, 15) is 14.0 Å². The molecule has 7 nitrogen and oxygen atoms in total. The van der Waals surface area contributed by atoms with Crippen LogP contribution in [-0.2, 0) is 11.3 Å². The molecule has 1 aromatic carbocycles. The molecule has 5 rings (SSSR count). The van der Waals surface area contributed by atoms with Crippen LogP contribution < -0.4 is 10.9 Å². The fraction of sp³-hybridized carbons (Fsp3) is 0.238. The van der Waals surface area contributed by atoms with Gasteiger partial charge in [-0.15, -0.1) is 0 Å². The molecule has 1 aliphatic rings. The minimum Gasteiger partial charge on any atom is -0.322 e. The average molecular weight is 391 g/mol. The van der Waals surface area contributed by atoms with Gasteiger partial charge in [0.05, 0.1) is 16.9 Å². The van der Waals surface area contributed by atoms with Gasteiger partial charge in [-0.25, -0.2) is 13.9 Å². The molecule has 8 heteroatoms. The number of carbonyl (C=O) groups is 1. The van der Waals surface area contributed by atoms with E-state index in [4.69, 9.17) is 0 Å². The van der Waals surface area contributed by atoms with Crippen LogP contribution >= 0.6 is 0 Å². The predicted molar refractivity (Wildman–Crippen MR) is 106 cm³/mol. The zero-order valence-electron chi connectivity index (χ0n) is 15.7. The Morgan fingerprint density at radius 3 is 2.83 bits per heavy atom. The van der Waals surface area contributed by atoms with E-state index in [1.165, 1.54) is 16.7 Å². The van der Waals surface area contributed by atoms with Crippen molar-refractivity contribution in [2.75, 3.05) is 5.32 Å². The zero-order chi connectivity index (χ0) is 20.1. The summed E-state index contributed by atoms with van der Waals surface area (Å²) in [5.74, 6) is -0.627. The lowest BCUT2D eigenvalue weighted by Crippen LogP contribution is -2.29. The van der Waals surface area contributed by atoms with Gasteiger partial charge in [-0.05, 0) is 55.7 Å². The van der Waals surface area contributed by atoms with Gasteiger partial charge in [0.25, 0.3) is 5.56 Å². The Bertz CT molecular complexity index is 1340. The first-order valence-electron chi connectivity index (χ1n) is 9.44. The van der Waals surface area contributed by atoms with Crippen LogP contribution in [0.2, 0.25) is 0 Å². The first-order valence-corrected chi connectivity index (χ1v) is 9.44. The quantitative estimate of drug-likeness (QED) is 0.580. The van der Waals surface area contributed by atoms with Crippen molar-refractivity contribution in [1.82, 2.24) is 19.2 Å². The maximum absolute atomic E-state index is 14.1. The number of hydrogen-bond acceptors (Lipinski definition) is 4. The van der Waals surface area contributed by atoms with Gasteiger partial charge >= 0.3 is 0 Å². The Kier molecular flexibility index (Phi) is 3.94. The van der Waals surface area contributed by atoms with Crippen molar-refractivity contribution >= 4 is 28.3 Å². The molecular weight excluding hydrogens is 373 g/mol. The maximum atomic E-state index is 14.1. The number of nitrogens with one attached hydrogen (secondary N) is 1. The van der Waals surface area contributed by atoms with Crippen LogP contribution in [0.3, 0.4) is 0 Å². The van der Waals surface area contributed by atoms with Crippen molar-refractivity contribution in [2.24, 2.45) is 0 Å². The number of aryl methyl sites for hydroxylation is 1. The lowest BCUT2D eigenvalue weighted by Gasteiger charge is -2.12. The molecule has 3 heterocycles. The summed E-state index contributed by atoms with van der Waals surface area (Å²) < 4.78 is 17.0. The molecule has 146 valence electrons. The van der Waals surface area contributed by atoms with E-state index in [1.807, 2.05) is 0 Å². The second-order valence-electron chi connectivity index (χ2n) is 7.41. The van der Waals surface area contributed by atoms with Gasteiger partial charge in [-0.2, -0.15) is 5.10 Å². The van der Waals surface area contributed by atoms with Crippen LogP contribution in [0.4, 0.5) is 10.1 Å². The number of anilines is 1. The summed E-state index contributed by atoms with van der Waals surface area (Å²) in [6, 6.07) is 9.77. The number of benzene rings is 1. The fourth-order valence-electron chi connectivity index (χ4n) is 3.51. The van der Waals surface area contributed by atoms with E-state index >= 15 is 0 Å².